The first kappa shape index (κ1) is 16.7. The molecule has 1 atom stereocenters. The van der Waals surface area contributed by atoms with Gasteiger partial charge in [0.05, 0.1) is 23.1 Å². The van der Waals surface area contributed by atoms with Crippen LogP contribution in [0.3, 0.4) is 0 Å². The predicted octanol–water partition coefficient (Wildman–Crippen LogP) is 2.34. The molecule has 12 heteroatoms. The maximum Gasteiger partial charge on any atom is 0.421 e. The molecule has 1 unspecified atom stereocenters. The summed E-state index contributed by atoms with van der Waals surface area (Å²) in [6, 6.07) is 1.52. The summed E-state index contributed by atoms with van der Waals surface area (Å²) < 4.78 is 80.6. The molecule has 1 saturated carbocycles. The van der Waals surface area contributed by atoms with Gasteiger partial charge in [0.1, 0.15) is 22.6 Å². The maximum atomic E-state index is 13.8. The summed E-state index contributed by atoms with van der Waals surface area (Å²) in [6.45, 7) is 0.809. The first-order chi connectivity index (χ1) is 16.8. The lowest BCUT2D eigenvalue weighted by Crippen LogP contribution is -2.55. The first-order valence-electron chi connectivity index (χ1n) is 12.5. The molecule has 1 aliphatic heterocycles. The van der Waals surface area contributed by atoms with Gasteiger partial charge in [-0.25, -0.2) is 4.99 Å². The Bertz CT molecular complexity index is 1250. The van der Waals surface area contributed by atoms with Gasteiger partial charge in [-0.15, -0.1) is 0 Å². The minimum atomic E-state index is -4.98. The van der Waals surface area contributed by atoms with Crippen molar-refractivity contribution in [3.05, 3.63) is 40.2 Å². The molecule has 1 aliphatic carbocycles. The fourth-order valence-corrected chi connectivity index (χ4v) is 3.41. The molecule has 0 radical (unpaired) electrons. The van der Waals surface area contributed by atoms with Crippen molar-refractivity contribution in [2.24, 2.45) is 10.7 Å². The second kappa shape index (κ2) is 7.32. The van der Waals surface area contributed by atoms with Gasteiger partial charge in [-0.05, 0) is 53.5 Å². The van der Waals surface area contributed by atoms with Gasteiger partial charge < -0.3 is 10.6 Å². The molecule has 0 amide bonds. The van der Waals surface area contributed by atoms with Gasteiger partial charge in [0.2, 0.25) is 5.79 Å². The lowest BCUT2D eigenvalue weighted by atomic mass is 10.0. The van der Waals surface area contributed by atoms with E-state index in [0.717, 1.165) is 24.2 Å². The molecule has 0 spiro atoms. The molecule has 4 rings (SSSR count). The molecular formula is C20H28F3N9. The molecule has 1 fully saturated rings. The number of nitrogens with one attached hydrogen (secondary N) is 2. The van der Waals surface area contributed by atoms with E-state index in [1.807, 2.05) is 33.0 Å². The summed E-state index contributed by atoms with van der Waals surface area (Å²) in [5.41, 5.74) is 6.37. The Morgan fingerprint density at radius 3 is 2.50 bits per heavy atom. The van der Waals surface area contributed by atoms with Crippen LogP contribution in [0.25, 0.3) is 0 Å². The van der Waals surface area contributed by atoms with Gasteiger partial charge in [0.25, 0.3) is 0 Å². The van der Waals surface area contributed by atoms with Gasteiger partial charge in [-0.3, -0.25) is 10.4 Å². The number of aliphatic imine (C=N–C) groups is 1. The second-order valence-electron chi connectivity index (χ2n) is 8.50. The molecule has 0 saturated heterocycles. The molecule has 174 valence electrons. The SMILES string of the molecule is [2H]C([2H])([2H])C([2H])([2H])NC1=C(C(F)(F)F)C=NC(N)(c2cc(C(C)(C)n3nc(C)c(C)n3)nn2C2CC2)N1. The zero-order valence-corrected chi connectivity index (χ0v) is 18.0. The van der Waals surface area contributed by atoms with Crippen LogP contribution in [0.2, 0.25) is 0 Å². The Labute approximate surface area is 191 Å². The average molecular weight is 457 g/mol. The minimum Gasteiger partial charge on any atom is -0.372 e. The van der Waals surface area contributed by atoms with Crippen LogP contribution < -0.4 is 16.4 Å². The van der Waals surface area contributed by atoms with Crippen molar-refractivity contribution < 1.29 is 20.0 Å². The third kappa shape index (κ3) is 3.76. The number of aryl methyl sites for hydroxylation is 2. The van der Waals surface area contributed by atoms with Crippen LogP contribution in [-0.2, 0) is 11.3 Å². The van der Waals surface area contributed by atoms with Crippen molar-refractivity contribution in [2.45, 2.75) is 70.9 Å². The van der Waals surface area contributed by atoms with E-state index in [1.165, 1.54) is 4.80 Å². The molecule has 0 bridgehead atoms. The van der Waals surface area contributed by atoms with Crippen molar-refractivity contribution in [3.8, 4) is 0 Å². The zero-order chi connectivity index (χ0) is 27.8. The van der Waals surface area contributed by atoms with E-state index in [9.17, 15) is 13.2 Å². The molecule has 0 aromatic carbocycles. The second-order valence-corrected chi connectivity index (χ2v) is 8.50. The van der Waals surface area contributed by atoms with Gasteiger partial charge in [-0.1, -0.05) is 0 Å². The van der Waals surface area contributed by atoms with Crippen LogP contribution >= 0.6 is 0 Å². The van der Waals surface area contributed by atoms with Crippen molar-refractivity contribution >= 4 is 6.21 Å². The van der Waals surface area contributed by atoms with E-state index in [4.69, 9.17) is 12.6 Å². The molecule has 2 aromatic rings. The molecule has 9 nitrogen and oxygen atoms in total. The van der Waals surface area contributed by atoms with Crippen molar-refractivity contribution in [1.29, 1.82) is 0 Å². The summed E-state index contributed by atoms with van der Waals surface area (Å²) in [5.74, 6) is -2.97. The van der Waals surface area contributed by atoms with Gasteiger partial charge in [0, 0.05) is 19.6 Å². The topological polar surface area (TPSA) is 111 Å². The highest BCUT2D eigenvalue weighted by atomic mass is 19.4. The van der Waals surface area contributed by atoms with E-state index in [-0.39, 0.29) is 11.7 Å². The fraction of sp³-hybridized carbons (Fsp3) is 0.600. The Balaban J connectivity index is 1.78. The van der Waals surface area contributed by atoms with E-state index in [1.54, 1.807) is 10.7 Å². The molecule has 32 heavy (non-hydrogen) atoms. The number of nitrogens with two attached hydrogens (primary N) is 1. The number of rotatable bonds is 6. The number of hydrogen-bond donors (Lipinski definition) is 3. The van der Waals surface area contributed by atoms with Crippen molar-refractivity contribution in [3.63, 3.8) is 0 Å². The van der Waals surface area contributed by atoms with Crippen molar-refractivity contribution in [1.82, 2.24) is 35.4 Å². The number of nitrogens with zero attached hydrogens (tertiary/aromatic N) is 6. The summed E-state index contributed by atoms with van der Waals surface area (Å²) >= 11 is 0. The lowest BCUT2D eigenvalue weighted by Gasteiger charge is -2.34. The third-order valence-electron chi connectivity index (χ3n) is 5.63. The minimum absolute atomic E-state index is 0.0655. The number of allylic oxidation sites excluding steroid dienone is 1. The van der Waals surface area contributed by atoms with Crippen LogP contribution in [0, 0.1) is 13.8 Å². The number of aromatic nitrogens is 5. The quantitative estimate of drug-likeness (QED) is 0.615. The van der Waals surface area contributed by atoms with Gasteiger partial charge in [0.15, 0.2) is 0 Å². The first-order valence-corrected chi connectivity index (χ1v) is 10.00. The standard InChI is InChI=1S/C20H28F3N9/c1-6-25-17-14(19(21,22)23)10-26-20(24,27-17)16-9-15(30-31(16)13-7-8-13)18(4,5)32-28-11(2)12(3)29-32/h9-10,13,25,27H,6-8,24H2,1-5H3/i1D3,6D2. The van der Waals surface area contributed by atoms with Crippen LogP contribution in [0.4, 0.5) is 13.2 Å². The molecule has 3 heterocycles. The van der Waals surface area contributed by atoms with E-state index < -0.39 is 42.2 Å². The molecule has 2 aliphatic rings. The van der Waals surface area contributed by atoms with E-state index in [2.05, 4.69) is 25.6 Å². The maximum absolute atomic E-state index is 13.8. The van der Waals surface area contributed by atoms with Crippen LogP contribution in [0.15, 0.2) is 22.5 Å². The third-order valence-corrected chi connectivity index (χ3v) is 5.63. The number of alkyl halides is 3. The number of halogens is 3. The van der Waals surface area contributed by atoms with Crippen molar-refractivity contribution in [2.75, 3.05) is 6.50 Å². The Morgan fingerprint density at radius 1 is 1.28 bits per heavy atom. The highest BCUT2D eigenvalue weighted by Crippen LogP contribution is 2.40. The van der Waals surface area contributed by atoms with Gasteiger partial charge in [-0.2, -0.15) is 33.3 Å². The zero-order valence-electron chi connectivity index (χ0n) is 23.0. The van der Waals surface area contributed by atoms with E-state index >= 15 is 0 Å². The fourth-order valence-electron chi connectivity index (χ4n) is 3.41. The van der Waals surface area contributed by atoms with Gasteiger partial charge >= 0.3 is 6.18 Å². The smallest absolute Gasteiger partial charge is 0.372 e. The summed E-state index contributed by atoms with van der Waals surface area (Å²) in [7, 11) is 0. The van der Waals surface area contributed by atoms with E-state index in [0.29, 0.717) is 11.9 Å². The Hall–Kier alpha value is -2.89. The lowest BCUT2D eigenvalue weighted by molar-refractivity contribution is -0.0876. The average Bonchev–Trinajstić information content (AvgIpc) is 3.37. The normalized spacial score (nSPS) is 24.9. The summed E-state index contributed by atoms with van der Waals surface area (Å²) in [4.78, 5) is 5.44. The largest absolute Gasteiger partial charge is 0.421 e. The van der Waals surface area contributed by atoms with Crippen LogP contribution in [0.5, 0.6) is 0 Å². The summed E-state index contributed by atoms with van der Waals surface area (Å²) in [6.07, 6.45) is -2.98. The highest BCUT2D eigenvalue weighted by Gasteiger charge is 2.45. The highest BCUT2D eigenvalue weighted by molar-refractivity contribution is 5.82. The van der Waals surface area contributed by atoms with Crippen LogP contribution in [0.1, 0.15) is 69.2 Å². The monoisotopic (exact) mass is 456 g/mol. The summed E-state index contributed by atoms with van der Waals surface area (Å²) in [5, 5.41) is 17.8. The number of hydrogen-bond acceptors (Lipinski definition) is 7. The Kier molecular flexibility index (Phi) is 3.82. The molecule has 2 aromatic heterocycles. The van der Waals surface area contributed by atoms with Crippen LogP contribution in [-0.4, -0.2) is 43.7 Å². The Morgan fingerprint density at radius 2 is 1.94 bits per heavy atom. The molecular weight excluding hydrogens is 423 g/mol. The predicted molar refractivity (Wildman–Crippen MR) is 113 cm³/mol. The molecule has 4 N–H and O–H groups in total.